The Kier molecular flexibility index (Phi) is 6.52. The van der Waals surface area contributed by atoms with Crippen LogP contribution in [0.4, 0.5) is 5.69 Å². The second-order valence-corrected chi connectivity index (χ2v) is 11.4. The number of fused-ring (bicyclic) bond motifs is 3. The van der Waals surface area contributed by atoms with Crippen molar-refractivity contribution in [3.8, 4) is 16.9 Å². The van der Waals surface area contributed by atoms with Crippen molar-refractivity contribution in [2.24, 2.45) is 17.6 Å². The van der Waals surface area contributed by atoms with E-state index in [-0.39, 0.29) is 11.3 Å². The molecule has 3 aliphatic rings. The molecule has 0 aliphatic heterocycles. The van der Waals surface area contributed by atoms with Gasteiger partial charge in [-0.3, -0.25) is 19.3 Å². The van der Waals surface area contributed by atoms with Gasteiger partial charge in [0.1, 0.15) is 22.8 Å². The van der Waals surface area contributed by atoms with Crippen LogP contribution in [-0.4, -0.2) is 93.8 Å². The first kappa shape index (κ1) is 28.3. The number of phenolic OH excluding ortho intramolecular Hbond substituents is 1. The van der Waals surface area contributed by atoms with Crippen LogP contribution in [0.3, 0.4) is 0 Å². The third-order valence-corrected chi connectivity index (χ3v) is 8.83. The molecule has 2 aromatic carbocycles. The van der Waals surface area contributed by atoms with E-state index in [1.54, 1.807) is 31.2 Å². The molecule has 2 aromatic rings. The Morgan fingerprint density at radius 2 is 1.59 bits per heavy atom. The van der Waals surface area contributed by atoms with E-state index in [0.29, 0.717) is 16.7 Å². The van der Waals surface area contributed by atoms with Gasteiger partial charge < -0.3 is 36.2 Å². The lowest BCUT2D eigenvalue weighted by molar-refractivity contribution is -0.162. The van der Waals surface area contributed by atoms with Crippen LogP contribution in [0, 0.1) is 11.8 Å². The highest BCUT2D eigenvalue weighted by molar-refractivity contribution is 6.25. The molecular weight excluding hydrogens is 530 g/mol. The van der Waals surface area contributed by atoms with Crippen LogP contribution in [0.25, 0.3) is 11.1 Å². The predicted molar refractivity (Wildman–Crippen MR) is 150 cm³/mol. The zero-order valence-electron chi connectivity index (χ0n) is 23.3. The van der Waals surface area contributed by atoms with Crippen LogP contribution < -0.4 is 10.6 Å². The van der Waals surface area contributed by atoms with Gasteiger partial charge >= 0.3 is 0 Å². The standard InChI is InChI=1S/C30H33N3O8/c1-12-15-10-11-16(13-6-8-14(9-7-13)32(2)3)23(34)18(15)24(35)19-17(12)25(36)21-22(33(4)5)26(37)20(29(31)40)28(39)30(21,41)27(19)38/h6-12,17,21-22,25,34,36-38,41H,1-5H3,(H2,31,40)/t12-,17+,21+,22-,25-,30-/m1/s1. The number of phenols is 1. The van der Waals surface area contributed by atoms with E-state index < -0.39 is 75.6 Å². The molecule has 0 saturated carbocycles. The van der Waals surface area contributed by atoms with Gasteiger partial charge in [0, 0.05) is 36.8 Å². The van der Waals surface area contributed by atoms with Gasteiger partial charge in [-0.15, -0.1) is 0 Å². The third kappa shape index (κ3) is 3.73. The van der Waals surface area contributed by atoms with Crippen molar-refractivity contribution in [3.05, 3.63) is 70.2 Å². The smallest absolute Gasteiger partial charge is 0.255 e. The summed E-state index contributed by atoms with van der Waals surface area (Å²) in [5, 5.41) is 57.3. The molecule has 11 nitrogen and oxygen atoms in total. The van der Waals surface area contributed by atoms with Crippen molar-refractivity contribution in [2.75, 3.05) is 33.1 Å². The molecule has 0 saturated heterocycles. The number of benzene rings is 2. The van der Waals surface area contributed by atoms with E-state index in [1.807, 2.05) is 31.1 Å². The second-order valence-electron chi connectivity index (χ2n) is 11.4. The van der Waals surface area contributed by atoms with Crippen molar-refractivity contribution < 1.29 is 39.9 Å². The first-order valence-electron chi connectivity index (χ1n) is 13.1. The molecular formula is C30H33N3O8. The molecule has 7 N–H and O–H groups in total. The lowest BCUT2D eigenvalue weighted by Crippen LogP contribution is -2.68. The molecule has 6 atom stereocenters. The summed E-state index contributed by atoms with van der Waals surface area (Å²) in [6, 6.07) is 9.32. The van der Waals surface area contributed by atoms with Crippen LogP contribution in [0.1, 0.15) is 28.8 Å². The number of amides is 1. The lowest BCUT2D eigenvalue weighted by atomic mass is 9.55. The highest BCUT2D eigenvalue weighted by atomic mass is 16.4. The van der Waals surface area contributed by atoms with Crippen LogP contribution in [-0.2, 0) is 9.59 Å². The van der Waals surface area contributed by atoms with E-state index in [2.05, 4.69) is 0 Å². The summed E-state index contributed by atoms with van der Waals surface area (Å²) in [4.78, 5) is 43.0. The van der Waals surface area contributed by atoms with Gasteiger partial charge in [0.2, 0.25) is 5.78 Å². The monoisotopic (exact) mass is 563 g/mol. The second kappa shape index (κ2) is 9.44. The van der Waals surface area contributed by atoms with Crippen molar-refractivity contribution in [3.63, 3.8) is 0 Å². The summed E-state index contributed by atoms with van der Waals surface area (Å²) in [5.74, 6) is -9.09. The molecule has 0 radical (unpaired) electrons. The fourth-order valence-corrected chi connectivity index (χ4v) is 6.79. The molecule has 216 valence electrons. The topological polar surface area (TPSA) is 185 Å². The van der Waals surface area contributed by atoms with Crippen molar-refractivity contribution in [1.29, 1.82) is 0 Å². The number of aromatic hydroxyl groups is 1. The number of hydrogen-bond acceptors (Lipinski definition) is 10. The number of aliphatic hydroxyl groups excluding tert-OH is 3. The van der Waals surface area contributed by atoms with Crippen LogP contribution in [0.15, 0.2) is 59.1 Å². The van der Waals surface area contributed by atoms with E-state index in [1.165, 1.54) is 19.0 Å². The molecule has 41 heavy (non-hydrogen) atoms. The fraction of sp³-hybridized carbons (Fsp3) is 0.367. The zero-order valence-corrected chi connectivity index (χ0v) is 23.3. The number of ketones is 2. The maximum atomic E-state index is 14.0. The number of nitrogens with two attached hydrogens (primary N) is 1. The molecule has 0 aromatic heterocycles. The van der Waals surface area contributed by atoms with Crippen molar-refractivity contribution >= 4 is 23.2 Å². The SMILES string of the molecule is C[C@@H]1c2ccc(-c3ccc(N(C)C)cc3)c(O)c2C(=O)C2=C(O)[C@@]3(O)C(=O)C(C(N)=O)=C(O)[C@H](N(C)C)[C@H]3[C@H](O)[C@H]21. The summed E-state index contributed by atoms with van der Waals surface area (Å²) in [6.45, 7) is 1.70. The Morgan fingerprint density at radius 3 is 2.12 bits per heavy atom. The Bertz CT molecular complexity index is 1560. The Morgan fingerprint density at radius 1 is 0.976 bits per heavy atom. The molecule has 0 bridgehead atoms. The minimum absolute atomic E-state index is 0.125. The number of primary amides is 1. The zero-order chi connectivity index (χ0) is 30.3. The number of carbonyl (C=O) groups excluding carboxylic acids is 3. The number of aliphatic hydroxyl groups is 4. The van der Waals surface area contributed by atoms with E-state index in [0.717, 1.165) is 5.69 Å². The molecule has 0 unspecified atom stereocenters. The van der Waals surface area contributed by atoms with Gasteiger partial charge in [-0.2, -0.15) is 0 Å². The van der Waals surface area contributed by atoms with Gasteiger partial charge in [-0.1, -0.05) is 31.2 Å². The maximum Gasteiger partial charge on any atom is 0.255 e. The van der Waals surface area contributed by atoms with E-state index in [9.17, 15) is 39.9 Å². The number of likely N-dealkylation sites (N-methyl/N-ethyl adjacent to an activating group) is 1. The van der Waals surface area contributed by atoms with Crippen LogP contribution in [0.5, 0.6) is 5.75 Å². The summed E-state index contributed by atoms with van der Waals surface area (Å²) in [7, 11) is 6.77. The van der Waals surface area contributed by atoms with Crippen LogP contribution >= 0.6 is 0 Å². The fourth-order valence-electron chi connectivity index (χ4n) is 6.79. The average Bonchev–Trinajstić information content (AvgIpc) is 2.90. The molecule has 0 heterocycles. The molecule has 0 fully saturated rings. The number of rotatable bonds is 4. The quantitative estimate of drug-likeness (QED) is 0.297. The summed E-state index contributed by atoms with van der Waals surface area (Å²) < 4.78 is 0. The lowest BCUT2D eigenvalue weighted by Gasteiger charge is -2.53. The first-order chi connectivity index (χ1) is 19.2. The van der Waals surface area contributed by atoms with Gasteiger partial charge in [-0.05, 0) is 43.3 Å². The Hall–Kier alpha value is -4.19. The number of hydrogen-bond donors (Lipinski definition) is 6. The Balaban J connectivity index is 1.73. The maximum absolute atomic E-state index is 14.0. The van der Waals surface area contributed by atoms with E-state index in [4.69, 9.17) is 5.73 Å². The predicted octanol–water partition coefficient (Wildman–Crippen LogP) is 1.39. The van der Waals surface area contributed by atoms with Gasteiger partial charge in [-0.25, -0.2) is 0 Å². The normalized spacial score (nSPS) is 29.3. The summed E-state index contributed by atoms with van der Waals surface area (Å²) in [5.41, 5.74) is 3.24. The summed E-state index contributed by atoms with van der Waals surface area (Å²) in [6.07, 6.45) is -1.63. The van der Waals surface area contributed by atoms with Crippen LogP contribution in [0.2, 0.25) is 0 Å². The molecule has 3 aliphatic carbocycles. The number of carbonyl (C=O) groups is 3. The summed E-state index contributed by atoms with van der Waals surface area (Å²) >= 11 is 0. The molecule has 11 heteroatoms. The average molecular weight is 564 g/mol. The number of nitrogens with zero attached hydrogens (tertiary/aromatic N) is 2. The van der Waals surface area contributed by atoms with E-state index >= 15 is 0 Å². The van der Waals surface area contributed by atoms with Gasteiger partial charge in [0.25, 0.3) is 5.91 Å². The van der Waals surface area contributed by atoms with Gasteiger partial charge in [0.15, 0.2) is 11.4 Å². The number of anilines is 1. The Labute approximate surface area is 236 Å². The number of Topliss-reactive ketones (excluding diaryl/α,β-unsaturated/α-hetero) is 2. The molecule has 5 rings (SSSR count). The first-order valence-corrected chi connectivity index (χ1v) is 13.1. The highest BCUT2D eigenvalue weighted by Crippen LogP contribution is 2.56. The third-order valence-electron chi connectivity index (χ3n) is 8.83. The van der Waals surface area contributed by atoms with Crippen molar-refractivity contribution in [1.82, 2.24) is 4.90 Å². The van der Waals surface area contributed by atoms with Gasteiger partial charge in [0.05, 0.1) is 23.6 Å². The minimum Gasteiger partial charge on any atom is -0.510 e. The highest BCUT2D eigenvalue weighted by Gasteiger charge is 2.67. The molecule has 0 spiro atoms. The molecule has 1 amide bonds. The largest absolute Gasteiger partial charge is 0.510 e. The minimum atomic E-state index is -2.95. The van der Waals surface area contributed by atoms with Crippen molar-refractivity contribution in [2.45, 2.75) is 30.6 Å².